The van der Waals surface area contributed by atoms with Crippen LogP contribution in [0.3, 0.4) is 0 Å². The smallest absolute Gasteiger partial charge is 0.277 e. The highest BCUT2D eigenvalue weighted by Crippen LogP contribution is 2.55. The highest BCUT2D eigenvalue weighted by Gasteiger charge is 2.46. The Morgan fingerprint density at radius 1 is 1.30 bits per heavy atom. The first-order valence-electron chi connectivity index (χ1n) is 9.86. The molecule has 0 spiro atoms. The van der Waals surface area contributed by atoms with Crippen LogP contribution >= 0.6 is 0 Å². The van der Waals surface area contributed by atoms with E-state index in [9.17, 15) is 4.79 Å². The fourth-order valence-corrected chi connectivity index (χ4v) is 4.77. The lowest BCUT2D eigenvalue weighted by molar-refractivity contribution is -0.0218. The molecule has 0 aliphatic heterocycles. The number of nitrogens with one attached hydrogen (secondary N) is 1. The summed E-state index contributed by atoms with van der Waals surface area (Å²) in [5, 5.41) is 11.1. The Bertz CT molecular complexity index is 767. The summed E-state index contributed by atoms with van der Waals surface area (Å²) in [5.74, 6) is 0.395. The Morgan fingerprint density at radius 2 is 2.00 bits per heavy atom. The van der Waals surface area contributed by atoms with Gasteiger partial charge in [-0.05, 0) is 54.6 Å². The molecule has 6 heteroatoms. The van der Waals surface area contributed by atoms with Crippen molar-refractivity contribution in [1.29, 1.82) is 0 Å². The average molecular weight is 370 g/mol. The van der Waals surface area contributed by atoms with Gasteiger partial charge < -0.3 is 5.32 Å². The maximum atomic E-state index is 12.4. The first-order chi connectivity index (χ1) is 12.7. The number of rotatable bonds is 4. The fourth-order valence-electron chi connectivity index (χ4n) is 4.77. The summed E-state index contributed by atoms with van der Waals surface area (Å²) in [4.78, 5) is 16.4. The lowest BCUT2D eigenvalue weighted by Gasteiger charge is -2.52. The first kappa shape index (κ1) is 19.5. The summed E-state index contributed by atoms with van der Waals surface area (Å²) < 4.78 is 1.88. The molecule has 1 aliphatic carbocycles. The molecule has 3 rings (SSSR count). The number of aromatic nitrogens is 4. The van der Waals surface area contributed by atoms with Gasteiger partial charge in [0.2, 0.25) is 0 Å². The van der Waals surface area contributed by atoms with Crippen molar-refractivity contribution in [1.82, 2.24) is 20.0 Å². The summed E-state index contributed by atoms with van der Waals surface area (Å²) >= 11 is 0. The number of pyridine rings is 1. The fraction of sp³-hybridized carbons (Fsp3) is 0.619. The van der Waals surface area contributed by atoms with Crippen LogP contribution < -0.4 is 5.32 Å². The van der Waals surface area contributed by atoms with Crippen LogP contribution in [-0.4, -0.2) is 25.9 Å². The predicted molar refractivity (Wildman–Crippen MR) is 106 cm³/mol. The number of nitrogens with zero attached hydrogens (tertiary/aromatic N) is 4. The predicted octanol–water partition coefficient (Wildman–Crippen LogP) is 4.73. The molecule has 27 heavy (non-hydrogen) atoms. The molecule has 0 saturated heterocycles. The van der Waals surface area contributed by atoms with E-state index < -0.39 is 0 Å². The van der Waals surface area contributed by atoms with Crippen molar-refractivity contribution in [3.63, 3.8) is 0 Å². The van der Waals surface area contributed by atoms with Crippen LogP contribution in [0.5, 0.6) is 0 Å². The van der Waals surface area contributed by atoms with Gasteiger partial charge in [-0.2, -0.15) is 0 Å². The van der Waals surface area contributed by atoms with Crippen molar-refractivity contribution in [2.45, 2.75) is 66.3 Å². The number of anilines is 1. The number of carbonyl (C=O) groups is 1. The van der Waals surface area contributed by atoms with Crippen molar-refractivity contribution in [3.05, 3.63) is 36.4 Å². The second kappa shape index (κ2) is 7.41. The molecule has 1 aliphatic rings. The van der Waals surface area contributed by atoms with Crippen molar-refractivity contribution < 1.29 is 4.79 Å². The summed E-state index contributed by atoms with van der Waals surface area (Å²) in [6, 6.07) is 3.89. The molecule has 2 heterocycles. The van der Waals surface area contributed by atoms with E-state index in [1.165, 1.54) is 12.8 Å². The van der Waals surface area contributed by atoms with Crippen molar-refractivity contribution in [2.24, 2.45) is 16.7 Å². The van der Waals surface area contributed by atoms with E-state index in [0.29, 0.717) is 28.8 Å². The molecule has 0 atom stereocenters. The van der Waals surface area contributed by atoms with Gasteiger partial charge in [0, 0.05) is 6.20 Å². The zero-order valence-corrected chi connectivity index (χ0v) is 17.1. The Morgan fingerprint density at radius 3 is 2.56 bits per heavy atom. The van der Waals surface area contributed by atoms with E-state index in [2.05, 4.69) is 55.2 Å². The standard InChI is InChI=1S/C21H31N5O/c1-15(2)21(20(3,4)5)10-8-17(9-11-21)26-14-18(24-25-26)19(27)23-16-7-6-12-22-13-16/h6-7,12-15,17H,8-11H2,1-5H3,(H,23,27). The molecule has 1 amide bonds. The van der Waals surface area contributed by atoms with Gasteiger partial charge in [0.1, 0.15) is 0 Å². The third kappa shape index (κ3) is 3.89. The van der Waals surface area contributed by atoms with Crippen LogP contribution in [0.4, 0.5) is 5.69 Å². The summed E-state index contributed by atoms with van der Waals surface area (Å²) in [5.41, 5.74) is 1.63. The average Bonchev–Trinajstić information content (AvgIpc) is 3.12. The Labute approximate surface area is 161 Å². The van der Waals surface area contributed by atoms with Crippen LogP contribution in [0.25, 0.3) is 0 Å². The molecule has 1 N–H and O–H groups in total. The lowest BCUT2D eigenvalue weighted by atomic mass is 9.54. The summed E-state index contributed by atoms with van der Waals surface area (Å²) in [6.45, 7) is 11.8. The van der Waals surface area contributed by atoms with Gasteiger partial charge in [0.15, 0.2) is 5.69 Å². The second-order valence-corrected chi connectivity index (χ2v) is 9.07. The van der Waals surface area contributed by atoms with Crippen molar-refractivity contribution in [3.8, 4) is 0 Å². The van der Waals surface area contributed by atoms with Crippen LogP contribution in [0.15, 0.2) is 30.7 Å². The van der Waals surface area contributed by atoms with Crippen LogP contribution in [0.2, 0.25) is 0 Å². The SMILES string of the molecule is CC(C)C1(C(C)(C)C)CCC(n2cc(C(=O)Nc3cccnc3)nn2)CC1. The number of hydrogen-bond donors (Lipinski definition) is 1. The maximum absolute atomic E-state index is 12.4. The second-order valence-electron chi connectivity index (χ2n) is 9.07. The molecule has 0 radical (unpaired) electrons. The highest BCUT2D eigenvalue weighted by molar-refractivity contribution is 6.02. The molecule has 0 bridgehead atoms. The van der Waals surface area contributed by atoms with Crippen molar-refractivity contribution >= 4 is 11.6 Å². The topological polar surface area (TPSA) is 72.7 Å². The molecule has 146 valence electrons. The van der Waals surface area contributed by atoms with Gasteiger partial charge in [-0.3, -0.25) is 9.78 Å². The molecule has 2 aromatic heterocycles. The normalized spacial score (nSPS) is 23.4. The zero-order chi connectivity index (χ0) is 19.7. The molecule has 2 aromatic rings. The molecule has 0 aromatic carbocycles. The van der Waals surface area contributed by atoms with Gasteiger partial charge in [-0.25, -0.2) is 4.68 Å². The molecular weight excluding hydrogens is 338 g/mol. The van der Waals surface area contributed by atoms with E-state index in [1.54, 1.807) is 30.7 Å². The molecular formula is C21H31N5O. The minimum atomic E-state index is -0.253. The van der Waals surface area contributed by atoms with Gasteiger partial charge in [0.25, 0.3) is 5.91 Å². The Balaban J connectivity index is 1.67. The van der Waals surface area contributed by atoms with Gasteiger partial charge >= 0.3 is 0 Å². The highest BCUT2D eigenvalue weighted by atomic mass is 16.2. The zero-order valence-electron chi connectivity index (χ0n) is 17.1. The number of hydrogen-bond acceptors (Lipinski definition) is 4. The molecule has 1 fully saturated rings. The molecule has 6 nitrogen and oxygen atoms in total. The minimum absolute atomic E-state index is 0.253. The monoisotopic (exact) mass is 369 g/mol. The van der Waals surface area contributed by atoms with Crippen LogP contribution in [0, 0.1) is 16.7 Å². The van der Waals surface area contributed by atoms with E-state index in [-0.39, 0.29) is 11.3 Å². The first-order valence-corrected chi connectivity index (χ1v) is 9.86. The van der Waals surface area contributed by atoms with Crippen LogP contribution in [-0.2, 0) is 0 Å². The van der Waals surface area contributed by atoms with Gasteiger partial charge in [-0.15, -0.1) is 5.10 Å². The van der Waals surface area contributed by atoms with E-state index in [0.717, 1.165) is 12.8 Å². The number of amides is 1. The van der Waals surface area contributed by atoms with E-state index in [4.69, 9.17) is 0 Å². The lowest BCUT2D eigenvalue weighted by Crippen LogP contribution is -2.43. The Hall–Kier alpha value is -2.24. The van der Waals surface area contributed by atoms with E-state index in [1.807, 2.05) is 4.68 Å². The molecule has 0 unspecified atom stereocenters. The largest absolute Gasteiger partial charge is 0.319 e. The quantitative estimate of drug-likeness (QED) is 0.845. The minimum Gasteiger partial charge on any atom is -0.319 e. The number of carbonyl (C=O) groups excluding carboxylic acids is 1. The van der Waals surface area contributed by atoms with Gasteiger partial charge in [-0.1, -0.05) is 39.8 Å². The van der Waals surface area contributed by atoms with Crippen LogP contribution in [0.1, 0.15) is 76.8 Å². The third-order valence-corrected chi connectivity index (χ3v) is 6.48. The van der Waals surface area contributed by atoms with Crippen molar-refractivity contribution in [2.75, 3.05) is 5.32 Å². The summed E-state index contributed by atoms with van der Waals surface area (Å²) in [7, 11) is 0. The Kier molecular flexibility index (Phi) is 5.36. The third-order valence-electron chi connectivity index (χ3n) is 6.48. The molecule has 1 saturated carbocycles. The summed E-state index contributed by atoms with van der Waals surface area (Å²) in [6.07, 6.45) is 9.55. The van der Waals surface area contributed by atoms with E-state index >= 15 is 0 Å². The maximum Gasteiger partial charge on any atom is 0.277 e. The van der Waals surface area contributed by atoms with Gasteiger partial charge in [0.05, 0.1) is 24.1 Å².